The Morgan fingerprint density at radius 1 is 1.15 bits per heavy atom. The lowest BCUT2D eigenvalue weighted by atomic mass is 10.1. The van der Waals surface area contributed by atoms with Crippen LogP contribution in [0.1, 0.15) is 5.56 Å². The molecule has 0 saturated heterocycles. The molecule has 0 spiro atoms. The second-order valence-corrected chi connectivity index (χ2v) is 8.98. The van der Waals surface area contributed by atoms with Crippen LogP contribution in [-0.4, -0.2) is 21.2 Å². The third kappa shape index (κ3) is 4.92. The number of carbonyl (C=O) groups excluding carboxylic acids is 1. The van der Waals surface area contributed by atoms with E-state index in [4.69, 9.17) is 0 Å². The first-order valence-corrected chi connectivity index (χ1v) is 11.9. The van der Waals surface area contributed by atoms with Crippen LogP contribution in [0, 0.1) is 0 Å². The monoisotopic (exact) mass is 501 g/mol. The van der Waals surface area contributed by atoms with Crippen molar-refractivity contribution >= 4 is 44.9 Å². The zero-order chi connectivity index (χ0) is 24.3. The molecule has 0 aliphatic rings. The van der Waals surface area contributed by atoms with Crippen molar-refractivity contribution in [2.24, 2.45) is 0 Å². The van der Waals surface area contributed by atoms with Crippen molar-refractivity contribution in [1.82, 2.24) is 9.55 Å². The van der Waals surface area contributed by atoms with E-state index in [2.05, 4.69) is 16.9 Å². The summed E-state index contributed by atoms with van der Waals surface area (Å²) in [7, 11) is 0. The van der Waals surface area contributed by atoms with E-state index >= 15 is 0 Å². The van der Waals surface area contributed by atoms with Gasteiger partial charge in [0.2, 0.25) is 5.91 Å². The molecule has 10 heteroatoms. The summed E-state index contributed by atoms with van der Waals surface area (Å²) < 4.78 is 41.0. The van der Waals surface area contributed by atoms with Gasteiger partial charge in [-0.2, -0.15) is 13.2 Å². The van der Waals surface area contributed by atoms with E-state index in [1.165, 1.54) is 34.1 Å². The number of para-hydroxylation sites is 1. The molecule has 4 aromatic rings. The summed E-state index contributed by atoms with van der Waals surface area (Å²) in [6, 6.07) is 14.2. The van der Waals surface area contributed by atoms with Crippen molar-refractivity contribution in [3.63, 3.8) is 0 Å². The number of halogens is 3. The second-order valence-electron chi connectivity index (χ2n) is 7.17. The first-order valence-electron chi connectivity index (χ1n) is 10.1. The molecule has 174 valence electrons. The highest BCUT2D eigenvalue weighted by Crippen LogP contribution is 2.35. The number of allylic oxidation sites excluding steroid dienone is 1. The molecule has 2 heterocycles. The molecule has 0 unspecified atom stereocenters. The Labute approximate surface area is 201 Å². The lowest BCUT2D eigenvalue weighted by Crippen LogP contribution is -2.24. The van der Waals surface area contributed by atoms with Gasteiger partial charge in [0.05, 0.1) is 22.4 Å². The molecular formula is C24H18F3N3O2S2. The minimum absolute atomic E-state index is 0.173. The summed E-state index contributed by atoms with van der Waals surface area (Å²) in [4.78, 5) is 30.9. The fraction of sp³-hybridized carbons (Fsp3) is 0.125. The van der Waals surface area contributed by atoms with Gasteiger partial charge in [-0.1, -0.05) is 60.3 Å². The number of nitrogens with zero attached hydrogens (tertiary/aromatic N) is 2. The van der Waals surface area contributed by atoms with Crippen LogP contribution in [0.5, 0.6) is 0 Å². The fourth-order valence-corrected chi connectivity index (χ4v) is 5.19. The zero-order valence-electron chi connectivity index (χ0n) is 17.6. The molecule has 0 aliphatic heterocycles. The van der Waals surface area contributed by atoms with Crippen LogP contribution in [0.3, 0.4) is 0 Å². The van der Waals surface area contributed by atoms with E-state index < -0.39 is 17.6 Å². The number of nitrogens with one attached hydrogen (secondary N) is 1. The minimum Gasteiger partial charge on any atom is -0.325 e. The maximum atomic E-state index is 13.3. The van der Waals surface area contributed by atoms with Crippen LogP contribution in [0.4, 0.5) is 18.9 Å². The number of hydrogen-bond acceptors (Lipinski definition) is 5. The van der Waals surface area contributed by atoms with Crippen molar-refractivity contribution in [2.75, 3.05) is 11.1 Å². The summed E-state index contributed by atoms with van der Waals surface area (Å²) in [5.74, 6) is -0.865. The van der Waals surface area contributed by atoms with Gasteiger partial charge in [0.1, 0.15) is 4.83 Å². The highest BCUT2D eigenvalue weighted by atomic mass is 32.2. The minimum atomic E-state index is -4.59. The molecule has 5 nitrogen and oxygen atoms in total. The van der Waals surface area contributed by atoms with Crippen molar-refractivity contribution in [1.29, 1.82) is 0 Å². The Balaban J connectivity index is 1.62. The Kier molecular flexibility index (Phi) is 6.90. The molecular weight excluding hydrogens is 483 g/mol. The number of hydrogen-bond donors (Lipinski definition) is 1. The summed E-state index contributed by atoms with van der Waals surface area (Å²) in [6.45, 7) is 3.86. The molecule has 1 N–H and O–H groups in total. The van der Waals surface area contributed by atoms with Crippen molar-refractivity contribution in [2.45, 2.75) is 17.9 Å². The van der Waals surface area contributed by atoms with Gasteiger partial charge in [-0.25, -0.2) is 4.98 Å². The summed E-state index contributed by atoms with van der Waals surface area (Å²) in [5.41, 5.74) is 0.145. The summed E-state index contributed by atoms with van der Waals surface area (Å²) in [6.07, 6.45) is -3.04. The van der Waals surface area contributed by atoms with E-state index in [9.17, 15) is 22.8 Å². The maximum Gasteiger partial charge on any atom is 0.418 e. The van der Waals surface area contributed by atoms with Gasteiger partial charge in [-0.15, -0.1) is 17.9 Å². The Morgan fingerprint density at radius 2 is 1.85 bits per heavy atom. The Morgan fingerprint density at radius 3 is 2.56 bits per heavy atom. The van der Waals surface area contributed by atoms with E-state index in [0.717, 1.165) is 29.0 Å². The van der Waals surface area contributed by atoms with Gasteiger partial charge in [0, 0.05) is 17.5 Å². The van der Waals surface area contributed by atoms with Gasteiger partial charge < -0.3 is 5.32 Å². The highest BCUT2D eigenvalue weighted by Gasteiger charge is 2.33. The first-order chi connectivity index (χ1) is 16.3. The first kappa shape index (κ1) is 23.8. The van der Waals surface area contributed by atoms with Gasteiger partial charge >= 0.3 is 6.18 Å². The molecule has 0 radical (unpaired) electrons. The third-order valence-corrected chi connectivity index (χ3v) is 6.74. The maximum absolute atomic E-state index is 13.3. The SMILES string of the molecule is C=CCn1c(SCC(=O)Nc2ccccc2C(F)(F)F)nc2scc(-c3ccccc3)c2c1=O. The zero-order valence-corrected chi connectivity index (χ0v) is 19.3. The largest absolute Gasteiger partial charge is 0.418 e. The number of benzene rings is 2. The van der Waals surface area contributed by atoms with Gasteiger partial charge in [-0.05, 0) is 17.7 Å². The number of aromatic nitrogens is 2. The molecule has 0 saturated carbocycles. The van der Waals surface area contributed by atoms with Crippen LogP contribution in [-0.2, 0) is 17.5 Å². The van der Waals surface area contributed by atoms with E-state index in [0.29, 0.717) is 10.2 Å². The fourth-order valence-electron chi connectivity index (χ4n) is 3.39. The quantitative estimate of drug-likeness (QED) is 0.190. The number of fused-ring (bicyclic) bond motifs is 1. The normalized spacial score (nSPS) is 11.5. The van der Waals surface area contributed by atoms with Crippen molar-refractivity contribution in [3.05, 3.63) is 88.5 Å². The molecule has 2 aromatic heterocycles. The number of carbonyl (C=O) groups is 1. The number of anilines is 1. The van der Waals surface area contributed by atoms with Gasteiger partial charge in [0.25, 0.3) is 5.56 Å². The predicted molar refractivity (Wildman–Crippen MR) is 130 cm³/mol. The molecule has 34 heavy (non-hydrogen) atoms. The molecule has 1 amide bonds. The Bertz CT molecular complexity index is 1410. The topological polar surface area (TPSA) is 64.0 Å². The van der Waals surface area contributed by atoms with E-state index in [-0.39, 0.29) is 28.7 Å². The van der Waals surface area contributed by atoms with Crippen LogP contribution in [0.2, 0.25) is 0 Å². The van der Waals surface area contributed by atoms with Crippen LogP contribution in [0.25, 0.3) is 21.3 Å². The third-order valence-electron chi connectivity index (χ3n) is 4.89. The average molecular weight is 502 g/mol. The predicted octanol–water partition coefficient (Wildman–Crippen LogP) is 6.06. The number of thiophene rings is 1. The van der Waals surface area contributed by atoms with Crippen molar-refractivity contribution < 1.29 is 18.0 Å². The van der Waals surface area contributed by atoms with E-state index in [1.54, 1.807) is 6.08 Å². The lowest BCUT2D eigenvalue weighted by Gasteiger charge is -2.14. The number of alkyl halides is 3. The van der Waals surface area contributed by atoms with Crippen LogP contribution < -0.4 is 10.9 Å². The van der Waals surface area contributed by atoms with Crippen LogP contribution in [0.15, 0.2) is 82.6 Å². The van der Waals surface area contributed by atoms with E-state index in [1.807, 2.05) is 35.7 Å². The number of amides is 1. The Hall–Kier alpha value is -3.37. The molecule has 0 fully saturated rings. The number of thioether (sulfide) groups is 1. The number of rotatable bonds is 7. The van der Waals surface area contributed by atoms with Crippen molar-refractivity contribution in [3.8, 4) is 11.1 Å². The smallest absolute Gasteiger partial charge is 0.325 e. The van der Waals surface area contributed by atoms with Gasteiger partial charge in [0.15, 0.2) is 5.16 Å². The average Bonchev–Trinajstić information content (AvgIpc) is 3.24. The highest BCUT2D eigenvalue weighted by molar-refractivity contribution is 7.99. The molecule has 0 aliphatic carbocycles. The molecule has 0 bridgehead atoms. The standard InChI is InChI=1S/C24H18F3N3O2S2/c1-2-12-30-22(32)20-16(15-8-4-3-5-9-15)13-33-21(20)29-23(30)34-14-19(31)28-18-11-7-6-10-17(18)24(25,26)27/h2-11,13H,1,12,14H2,(H,28,31). The summed E-state index contributed by atoms with van der Waals surface area (Å²) >= 11 is 2.30. The summed E-state index contributed by atoms with van der Waals surface area (Å²) in [5, 5.41) is 4.93. The molecule has 0 atom stereocenters. The molecule has 2 aromatic carbocycles. The molecule has 4 rings (SSSR count). The second kappa shape index (κ2) is 9.86. The van der Waals surface area contributed by atoms with Crippen LogP contribution >= 0.6 is 23.1 Å². The van der Waals surface area contributed by atoms with Gasteiger partial charge in [-0.3, -0.25) is 14.2 Å². The lowest BCUT2D eigenvalue weighted by molar-refractivity contribution is -0.137.